The topological polar surface area (TPSA) is 49.5 Å². The summed E-state index contributed by atoms with van der Waals surface area (Å²) in [6.45, 7) is 4.62. The maximum atomic E-state index is 9.95. The molecule has 0 saturated heterocycles. The average molecular weight is 236 g/mol. The van der Waals surface area contributed by atoms with Crippen LogP contribution in [0, 0.1) is 0 Å². The molecular weight excluding hydrogens is 212 g/mol. The Bertz CT molecular complexity index is 333. The average Bonchev–Trinajstić information content (AvgIpc) is 2.29. The summed E-state index contributed by atoms with van der Waals surface area (Å²) in [6, 6.07) is 8.37. The second-order valence-corrected chi connectivity index (χ2v) is 5.03. The van der Waals surface area contributed by atoms with Gasteiger partial charge in [0.1, 0.15) is 0 Å². The van der Waals surface area contributed by atoms with Gasteiger partial charge >= 0.3 is 0 Å². The molecule has 0 fully saturated rings. The lowest BCUT2D eigenvalue weighted by atomic mass is 9.96. The molecule has 3 nitrogen and oxygen atoms in total. The minimum atomic E-state index is -0.533. The fourth-order valence-electron chi connectivity index (χ4n) is 2.07. The zero-order chi connectivity index (χ0) is 13.0. The zero-order valence-corrected chi connectivity index (χ0v) is 11.2. The predicted molar refractivity (Wildman–Crippen MR) is 72.0 cm³/mol. The number of aliphatic hydroxyl groups excluding tert-OH is 1. The van der Waals surface area contributed by atoms with Crippen molar-refractivity contribution in [2.24, 2.45) is 5.73 Å². The van der Waals surface area contributed by atoms with E-state index in [1.54, 1.807) is 0 Å². The summed E-state index contributed by atoms with van der Waals surface area (Å²) in [5, 5.41) is 9.95. The zero-order valence-electron chi connectivity index (χ0n) is 11.2. The maximum absolute atomic E-state index is 9.95. The molecule has 2 unspecified atom stereocenters. The predicted octanol–water partition coefficient (Wildman–Crippen LogP) is 1.73. The molecule has 3 heteroatoms. The summed E-state index contributed by atoms with van der Waals surface area (Å²) >= 11 is 0. The van der Waals surface area contributed by atoms with E-state index in [0.29, 0.717) is 5.92 Å². The lowest BCUT2D eigenvalue weighted by Crippen LogP contribution is -2.36. The molecule has 1 aromatic rings. The molecule has 0 aliphatic heterocycles. The van der Waals surface area contributed by atoms with E-state index in [2.05, 4.69) is 38.1 Å². The van der Waals surface area contributed by atoms with Crippen LogP contribution in [-0.4, -0.2) is 36.8 Å². The highest BCUT2D eigenvalue weighted by Gasteiger charge is 2.21. The van der Waals surface area contributed by atoms with Crippen molar-refractivity contribution in [3.8, 4) is 0 Å². The summed E-state index contributed by atoms with van der Waals surface area (Å²) in [6.07, 6.45) is -0.533. The summed E-state index contributed by atoms with van der Waals surface area (Å²) in [4.78, 5) is 2.00. The Morgan fingerprint density at radius 1 is 1.12 bits per heavy atom. The minimum absolute atomic E-state index is 0.0405. The lowest BCUT2D eigenvalue weighted by molar-refractivity contribution is 0.0823. The number of rotatable bonds is 5. The van der Waals surface area contributed by atoms with Crippen molar-refractivity contribution in [3.05, 3.63) is 35.4 Å². The van der Waals surface area contributed by atoms with Crippen molar-refractivity contribution < 1.29 is 5.11 Å². The molecule has 3 N–H and O–H groups in total. The largest absolute Gasteiger partial charge is 0.390 e. The van der Waals surface area contributed by atoms with Crippen LogP contribution in [0.3, 0.4) is 0 Å². The van der Waals surface area contributed by atoms with E-state index >= 15 is 0 Å². The molecule has 2 atom stereocenters. The minimum Gasteiger partial charge on any atom is -0.390 e. The fraction of sp³-hybridized carbons (Fsp3) is 0.571. The number of aliphatic hydroxyl groups is 1. The Kier molecular flexibility index (Phi) is 5.12. The number of hydrogen-bond acceptors (Lipinski definition) is 3. The van der Waals surface area contributed by atoms with Gasteiger partial charge in [0.15, 0.2) is 0 Å². The van der Waals surface area contributed by atoms with E-state index in [4.69, 9.17) is 5.73 Å². The monoisotopic (exact) mass is 236 g/mol. The van der Waals surface area contributed by atoms with Gasteiger partial charge < -0.3 is 15.7 Å². The molecule has 0 bridgehead atoms. The first-order valence-corrected chi connectivity index (χ1v) is 6.11. The van der Waals surface area contributed by atoms with Crippen molar-refractivity contribution in [2.75, 3.05) is 20.6 Å². The quantitative estimate of drug-likeness (QED) is 0.818. The molecule has 1 rings (SSSR count). The van der Waals surface area contributed by atoms with Crippen molar-refractivity contribution in [1.29, 1.82) is 0 Å². The van der Waals surface area contributed by atoms with Crippen molar-refractivity contribution >= 4 is 0 Å². The molecule has 0 aliphatic carbocycles. The van der Waals surface area contributed by atoms with Gasteiger partial charge in [-0.3, -0.25) is 0 Å². The first kappa shape index (κ1) is 14.2. The Morgan fingerprint density at radius 2 is 1.59 bits per heavy atom. The lowest BCUT2D eigenvalue weighted by Gasteiger charge is -2.29. The summed E-state index contributed by atoms with van der Waals surface area (Å²) in [7, 11) is 3.92. The number of benzene rings is 1. The van der Waals surface area contributed by atoms with Crippen LogP contribution in [0.15, 0.2) is 24.3 Å². The third-order valence-corrected chi connectivity index (χ3v) is 3.11. The summed E-state index contributed by atoms with van der Waals surface area (Å²) < 4.78 is 0. The molecular formula is C14H24N2O. The molecule has 0 aliphatic rings. The van der Waals surface area contributed by atoms with E-state index < -0.39 is 6.10 Å². The highest BCUT2D eigenvalue weighted by molar-refractivity contribution is 5.27. The van der Waals surface area contributed by atoms with E-state index in [1.807, 2.05) is 19.0 Å². The van der Waals surface area contributed by atoms with E-state index in [9.17, 15) is 5.11 Å². The van der Waals surface area contributed by atoms with Crippen LogP contribution in [0.25, 0.3) is 0 Å². The van der Waals surface area contributed by atoms with Gasteiger partial charge in [-0.1, -0.05) is 38.1 Å². The molecule has 1 aromatic carbocycles. The Labute approximate surface area is 104 Å². The van der Waals surface area contributed by atoms with Crippen LogP contribution >= 0.6 is 0 Å². The molecule has 0 saturated carbocycles. The van der Waals surface area contributed by atoms with Crippen LogP contribution in [0.2, 0.25) is 0 Å². The van der Waals surface area contributed by atoms with Gasteiger partial charge in [-0.05, 0) is 31.1 Å². The van der Waals surface area contributed by atoms with Crippen LogP contribution in [0.5, 0.6) is 0 Å². The highest BCUT2D eigenvalue weighted by atomic mass is 16.3. The summed E-state index contributed by atoms with van der Waals surface area (Å²) in [5.41, 5.74) is 7.97. The molecule has 0 heterocycles. The SMILES string of the molecule is CC(C)c1ccc(C(C(O)CN)N(C)C)cc1. The van der Waals surface area contributed by atoms with E-state index in [-0.39, 0.29) is 12.6 Å². The van der Waals surface area contributed by atoms with Crippen molar-refractivity contribution in [1.82, 2.24) is 4.90 Å². The molecule has 0 radical (unpaired) electrons. The summed E-state index contributed by atoms with van der Waals surface area (Å²) in [5.74, 6) is 0.529. The van der Waals surface area contributed by atoms with Gasteiger partial charge in [0.2, 0.25) is 0 Å². The number of likely N-dealkylation sites (N-methyl/N-ethyl adjacent to an activating group) is 1. The Balaban J connectivity index is 2.95. The van der Waals surface area contributed by atoms with E-state index in [1.165, 1.54) is 5.56 Å². The van der Waals surface area contributed by atoms with Crippen molar-refractivity contribution in [3.63, 3.8) is 0 Å². The van der Waals surface area contributed by atoms with Crippen LogP contribution in [0.1, 0.15) is 36.9 Å². The maximum Gasteiger partial charge on any atom is 0.0858 e. The van der Waals surface area contributed by atoms with Crippen LogP contribution in [-0.2, 0) is 0 Å². The second kappa shape index (κ2) is 6.15. The van der Waals surface area contributed by atoms with Gasteiger partial charge in [0.25, 0.3) is 0 Å². The van der Waals surface area contributed by atoms with Crippen molar-refractivity contribution in [2.45, 2.75) is 31.9 Å². The Hall–Kier alpha value is -0.900. The number of nitrogens with zero attached hydrogens (tertiary/aromatic N) is 1. The Morgan fingerprint density at radius 3 is 1.94 bits per heavy atom. The van der Waals surface area contributed by atoms with Gasteiger partial charge in [-0.15, -0.1) is 0 Å². The van der Waals surface area contributed by atoms with Gasteiger partial charge in [-0.25, -0.2) is 0 Å². The smallest absolute Gasteiger partial charge is 0.0858 e. The van der Waals surface area contributed by atoms with Crippen LogP contribution < -0.4 is 5.73 Å². The highest BCUT2D eigenvalue weighted by Crippen LogP contribution is 2.24. The first-order chi connectivity index (χ1) is 7.97. The molecule has 0 amide bonds. The third kappa shape index (κ3) is 3.53. The molecule has 17 heavy (non-hydrogen) atoms. The van der Waals surface area contributed by atoms with E-state index in [0.717, 1.165) is 5.56 Å². The molecule has 0 aromatic heterocycles. The van der Waals surface area contributed by atoms with Gasteiger partial charge in [-0.2, -0.15) is 0 Å². The number of nitrogens with two attached hydrogens (primary N) is 1. The van der Waals surface area contributed by atoms with Gasteiger partial charge in [0.05, 0.1) is 12.1 Å². The van der Waals surface area contributed by atoms with Gasteiger partial charge in [0, 0.05) is 6.54 Å². The fourth-order valence-corrected chi connectivity index (χ4v) is 2.07. The second-order valence-electron chi connectivity index (χ2n) is 5.03. The molecule has 0 spiro atoms. The first-order valence-electron chi connectivity index (χ1n) is 6.11. The standard InChI is InChI=1S/C14H24N2O/c1-10(2)11-5-7-12(8-6-11)14(16(3)4)13(17)9-15/h5-8,10,13-14,17H,9,15H2,1-4H3. The molecule has 96 valence electrons. The normalized spacial score (nSPS) is 15.3. The third-order valence-electron chi connectivity index (χ3n) is 3.11. The number of hydrogen-bond donors (Lipinski definition) is 2. The van der Waals surface area contributed by atoms with Crippen LogP contribution in [0.4, 0.5) is 0 Å².